The van der Waals surface area contributed by atoms with Crippen LogP contribution in [0.25, 0.3) is 0 Å². The van der Waals surface area contributed by atoms with E-state index in [0.717, 1.165) is 0 Å². The SMILES string of the molecule is O=C(NN=Cc1ccco1)c1cc(Cl)ccc1O. The molecule has 0 radical (unpaired) electrons. The lowest BCUT2D eigenvalue weighted by molar-refractivity contribution is 0.0952. The number of hydrogen-bond acceptors (Lipinski definition) is 4. The van der Waals surface area contributed by atoms with E-state index in [4.69, 9.17) is 16.0 Å². The molecule has 2 aromatic rings. The molecular weight excluding hydrogens is 256 g/mol. The number of carbonyl (C=O) groups excluding carboxylic acids is 1. The van der Waals surface area contributed by atoms with E-state index < -0.39 is 5.91 Å². The van der Waals surface area contributed by atoms with Crippen LogP contribution < -0.4 is 5.43 Å². The Morgan fingerprint density at radius 1 is 1.44 bits per heavy atom. The molecule has 0 fully saturated rings. The largest absolute Gasteiger partial charge is 0.507 e. The van der Waals surface area contributed by atoms with Crippen molar-refractivity contribution < 1.29 is 14.3 Å². The van der Waals surface area contributed by atoms with Gasteiger partial charge in [-0.05, 0) is 30.3 Å². The Labute approximate surface area is 108 Å². The van der Waals surface area contributed by atoms with Crippen molar-refractivity contribution in [3.05, 3.63) is 52.9 Å². The van der Waals surface area contributed by atoms with Gasteiger partial charge in [-0.2, -0.15) is 5.10 Å². The van der Waals surface area contributed by atoms with Crippen LogP contribution in [0.1, 0.15) is 16.1 Å². The highest BCUT2D eigenvalue weighted by molar-refractivity contribution is 6.31. The maximum Gasteiger partial charge on any atom is 0.275 e. The van der Waals surface area contributed by atoms with Gasteiger partial charge in [0, 0.05) is 5.02 Å². The number of aromatic hydroxyl groups is 1. The fourth-order valence-corrected chi connectivity index (χ4v) is 1.44. The molecule has 0 bridgehead atoms. The van der Waals surface area contributed by atoms with E-state index in [1.165, 1.54) is 30.7 Å². The number of phenolic OH excluding ortho intramolecular Hbond substituents is 1. The zero-order valence-corrected chi connectivity index (χ0v) is 9.89. The summed E-state index contributed by atoms with van der Waals surface area (Å²) in [6.07, 6.45) is 2.84. The molecule has 18 heavy (non-hydrogen) atoms. The molecule has 5 nitrogen and oxygen atoms in total. The third-order valence-corrected chi connectivity index (χ3v) is 2.34. The predicted octanol–water partition coefficient (Wildman–Crippen LogP) is 2.40. The molecule has 0 saturated carbocycles. The Kier molecular flexibility index (Phi) is 3.64. The predicted molar refractivity (Wildman–Crippen MR) is 66.9 cm³/mol. The second-order valence-corrected chi connectivity index (χ2v) is 3.81. The average Bonchev–Trinajstić information content (AvgIpc) is 2.85. The molecule has 0 aliphatic rings. The lowest BCUT2D eigenvalue weighted by Crippen LogP contribution is -2.17. The van der Waals surface area contributed by atoms with Crippen LogP contribution >= 0.6 is 11.6 Å². The first kappa shape index (κ1) is 12.2. The van der Waals surface area contributed by atoms with Gasteiger partial charge in [0.15, 0.2) is 0 Å². The van der Waals surface area contributed by atoms with Gasteiger partial charge in [0.05, 0.1) is 18.0 Å². The molecule has 1 aromatic carbocycles. The van der Waals surface area contributed by atoms with Crippen LogP contribution in [0.4, 0.5) is 0 Å². The fraction of sp³-hybridized carbons (Fsp3) is 0. The molecule has 0 unspecified atom stereocenters. The Balaban J connectivity index is 2.06. The highest BCUT2D eigenvalue weighted by atomic mass is 35.5. The summed E-state index contributed by atoms with van der Waals surface area (Å²) in [7, 11) is 0. The molecule has 6 heteroatoms. The van der Waals surface area contributed by atoms with Crippen LogP contribution in [0.5, 0.6) is 5.75 Å². The minimum Gasteiger partial charge on any atom is -0.507 e. The number of furan rings is 1. The molecule has 2 N–H and O–H groups in total. The summed E-state index contributed by atoms with van der Waals surface area (Å²) in [4.78, 5) is 11.7. The van der Waals surface area contributed by atoms with Crippen LogP contribution in [0, 0.1) is 0 Å². The normalized spacial score (nSPS) is 10.7. The van der Waals surface area contributed by atoms with Gasteiger partial charge < -0.3 is 9.52 Å². The van der Waals surface area contributed by atoms with Gasteiger partial charge in [0.25, 0.3) is 5.91 Å². The quantitative estimate of drug-likeness (QED) is 0.660. The Morgan fingerprint density at radius 3 is 3.00 bits per heavy atom. The minimum absolute atomic E-state index is 0.0547. The number of rotatable bonds is 3. The number of phenols is 1. The second kappa shape index (κ2) is 5.37. The fourth-order valence-electron chi connectivity index (χ4n) is 1.27. The van der Waals surface area contributed by atoms with Crippen LogP contribution in [-0.2, 0) is 0 Å². The van der Waals surface area contributed by atoms with Crippen LogP contribution in [0.3, 0.4) is 0 Å². The number of amides is 1. The van der Waals surface area contributed by atoms with Gasteiger partial charge in [-0.1, -0.05) is 11.6 Å². The summed E-state index contributed by atoms with van der Waals surface area (Å²) in [5.74, 6) is -0.214. The zero-order chi connectivity index (χ0) is 13.0. The molecule has 0 atom stereocenters. The van der Waals surface area contributed by atoms with Crippen molar-refractivity contribution in [3.63, 3.8) is 0 Å². The van der Waals surface area contributed by atoms with E-state index in [-0.39, 0.29) is 11.3 Å². The summed E-state index contributed by atoms with van der Waals surface area (Å²) in [5, 5.41) is 13.5. The number of nitrogens with zero attached hydrogens (tertiary/aromatic N) is 1. The van der Waals surface area contributed by atoms with Gasteiger partial charge >= 0.3 is 0 Å². The van der Waals surface area contributed by atoms with Crippen molar-refractivity contribution >= 4 is 23.7 Å². The number of hydrogen-bond donors (Lipinski definition) is 2. The van der Waals surface area contributed by atoms with Gasteiger partial charge in [0.2, 0.25) is 0 Å². The van der Waals surface area contributed by atoms with Crippen molar-refractivity contribution in [2.24, 2.45) is 5.10 Å². The Hall–Kier alpha value is -2.27. The number of hydrazone groups is 1. The number of nitrogens with one attached hydrogen (secondary N) is 1. The molecule has 92 valence electrons. The molecule has 1 aromatic heterocycles. The van der Waals surface area contributed by atoms with E-state index >= 15 is 0 Å². The minimum atomic E-state index is -0.558. The maximum atomic E-state index is 11.7. The molecule has 1 amide bonds. The lowest BCUT2D eigenvalue weighted by atomic mass is 10.2. The summed E-state index contributed by atoms with van der Waals surface area (Å²) in [6, 6.07) is 7.57. The van der Waals surface area contributed by atoms with E-state index in [1.54, 1.807) is 12.1 Å². The number of benzene rings is 1. The van der Waals surface area contributed by atoms with Crippen molar-refractivity contribution in [3.8, 4) is 5.75 Å². The smallest absolute Gasteiger partial charge is 0.275 e. The third kappa shape index (κ3) is 2.89. The van der Waals surface area contributed by atoms with Crippen molar-refractivity contribution in [1.82, 2.24) is 5.43 Å². The Morgan fingerprint density at radius 2 is 2.28 bits per heavy atom. The highest BCUT2D eigenvalue weighted by Gasteiger charge is 2.10. The standard InChI is InChI=1S/C12H9ClN2O3/c13-8-3-4-11(16)10(6-8)12(17)15-14-7-9-2-1-5-18-9/h1-7,16H,(H,15,17). The van der Waals surface area contributed by atoms with Gasteiger partial charge in [0.1, 0.15) is 11.5 Å². The van der Waals surface area contributed by atoms with Crippen molar-refractivity contribution in [2.75, 3.05) is 0 Å². The topological polar surface area (TPSA) is 74.8 Å². The molecule has 0 aliphatic heterocycles. The monoisotopic (exact) mass is 264 g/mol. The summed E-state index contributed by atoms with van der Waals surface area (Å²) in [5.41, 5.74) is 2.31. The molecular formula is C12H9ClN2O3. The highest BCUT2D eigenvalue weighted by Crippen LogP contribution is 2.21. The first-order chi connectivity index (χ1) is 8.66. The van der Waals surface area contributed by atoms with E-state index in [9.17, 15) is 9.90 Å². The third-order valence-electron chi connectivity index (χ3n) is 2.10. The molecule has 0 spiro atoms. The Bertz CT molecular complexity index is 579. The maximum absolute atomic E-state index is 11.7. The molecule has 2 rings (SSSR count). The van der Waals surface area contributed by atoms with E-state index in [2.05, 4.69) is 10.5 Å². The van der Waals surface area contributed by atoms with Gasteiger partial charge in [-0.15, -0.1) is 0 Å². The van der Waals surface area contributed by atoms with E-state index in [0.29, 0.717) is 10.8 Å². The van der Waals surface area contributed by atoms with Crippen LogP contribution in [-0.4, -0.2) is 17.2 Å². The van der Waals surface area contributed by atoms with Crippen molar-refractivity contribution in [2.45, 2.75) is 0 Å². The number of halogens is 1. The van der Waals surface area contributed by atoms with Crippen LogP contribution in [0.15, 0.2) is 46.1 Å². The first-order valence-electron chi connectivity index (χ1n) is 5.02. The second-order valence-electron chi connectivity index (χ2n) is 3.38. The summed E-state index contributed by atoms with van der Waals surface area (Å²) in [6.45, 7) is 0. The zero-order valence-electron chi connectivity index (χ0n) is 9.13. The van der Waals surface area contributed by atoms with Gasteiger partial charge in [-0.3, -0.25) is 4.79 Å². The van der Waals surface area contributed by atoms with Gasteiger partial charge in [-0.25, -0.2) is 5.43 Å². The van der Waals surface area contributed by atoms with E-state index in [1.807, 2.05) is 0 Å². The van der Waals surface area contributed by atoms with Crippen LogP contribution in [0.2, 0.25) is 5.02 Å². The van der Waals surface area contributed by atoms with Crippen molar-refractivity contribution in [1.29, 1.82) is 0 Å². The average molecular weight is 265 g/mol. The molecule has 0 aliphatic carbocycles. The lowest BCUT2D eigenvalue weighted by Gasteiger charge is -2.02. The first-order valence-corrected chi connectivity index (χ1v) is 5.40. The summed E-state index contributed by atoms with van der Waals surface area (Å²) < 4.78 is 4.99. The molecule has 0 saturated heterocycles. The molecule has 1 heterocycles. The summed E-state index contributed by atoms with van der Waals surface area (Å²) >= 11 is 5.73. The number of carbonyl (C=O) groups is 1.